The fourth-order valence-corrected chi connectivity index (χ4v) is 6.25. The van der Waals surface area contributed by atoms with Crippen LogP contribution >= 0.6 is 23.4 Å². The second-order valence-electron chi connectivity index (χ2n) is 9.66. The van der Waals surface area contributed by atoms with E-state index < -0.39 is 6.04 Å². The highest BCUT2D eigenvalue weighted by molar-refractivity contribution is 7.98. The zero-order chi connectivity index (χ0) is 26.8. The smallest absolute Gasteiger partial charge is 0.254 e. The maximum atomic E-state index is 14.0. The largest absolute Gasteiger partial charge is 0.371 e. The van der Waals surface area contributed by atoms with Gasteiger partial charge in [-0.25, -0.2) is 4.39 Å². The Hall–Kier alpha value is -3.23. The molecule has 3 aromatic carbocycles. The van der Waals surface area contributed by atoms with Crippen LogP contribution in [0.25, 0.3) is 0 Å². The summed E-state index contributed by atoms with van der Waals surface area (Å²) in [6.45, 7) is 7.08. The Morgan fingerprint density at radius 3 is 2.58 bits per heavy atom. The highest BCUT2D eigenvalue weighted by atomic mass is 35.5. The Labute approximate surface area is 231 Å². The van der Waals surface area contributed by atoms with Crippen LogP contribution in [0.15, 0.2) is 54.6 Å². The van der Waals surface area contributed by atoms with E-state index in [0.29, 0.717) is 46.4 Å². The lowest BCUT2D eigenvalue weighted by Crippen LogP contribution is -2.49. The summed E-state index contributed by atoms with van der Waals surface area (Å²) < 4.78 is 14.0. The van der Waals surface area contributed by atoms with Crippen molar-refractivity contribution in [2.45, 2.75) is 25.6 Å². The van der Waals surface area contributed by atoms with Gasteiger partial charge >= 0.3 is 0 Å². The van der Waals surface area contributed by atoms with Crippen LogP contribution in [0.2, 0.25) is 5.02 Å². The molecule has 1 saturated heterocycles. The fraction of sp³-hybridized carbons (Fsp3) is 0.310. The first-order valence-electron chi connectivity index (χ1n) is 12.6. The summed E-state index contributed by atoms with van der Waals surface area (Å²) in [4.78, 5) is 30.2. The number of carbonyl (C=O) groups excluding carboxylic acids is 2. The van der Waals surface area contributed by atoms with Crippen molar-refractivity contribution in [1.82, 2.24) is 4.90 Å². The Balaban J connectivity index is 1.18. The highest BCUT2D eigenvalue weighted by Gasteiger charge is 2.28. The van der Waals surface area contributed by atoms with Gasteiger partial charge in [-0.05, 0) is 61.4 Å². The van der Waals surface area contributed by atoms with E-state index >= 15 is 0 Å². The van der Waals surface area contributed by atoms with E-state index in [1.54, 1.807) is 24.3 Å². The minimum Gasteiger partial charge on any atom is -0.371 e. The monoisotopic (exact) mass is 552 g/mol. The number of amides is 2. The second kappa shape index (κ2) is 11.3. The average Bonchev–Trinajstić information content (AvgIpc) is 2.91. The third-order valence-electron chi connectivity index (χ3n) is 7.25. The summed E-state index contributed by atoms with van der Waals surface area (Å²) in [6.07, 6.45) is 0. The summed E-state index contributed by atoms with van der Waals surface area (Å²) in [5, 5.41) is 6.56. The first-order chi connectivity index (χ1) is 18.3. The number of halogens is 2. The normalized spacial score (nSPS) is 17.1. The number of anilines is 3. The van der Waals surface area contributed by atoms with E-state index in [9.17, 15) is 14.0 Å². The van der Waals surface area contributed by atoms with E-state index in [-0.39, 0.29) is 17.6 Å². The van der Waals surface area contributed by atoms with Gasteiger partial charge in [0.25, 0.3) is 5.91 Å². The van der Waals surface area contributed by atoms with Crippen LogP contribution < -0.4 is 15.5 Å². The molecule has 5 rings (SSSR count). The number of benzene rings is 3. The molecule has 2 N–H and O–H groups in total. The Morgan fingerprint density at radius 2 is 1.82 bits per heavy atom. The zero-order valence-corrected chi connectivity index (χ0v) is 23.0. The predicted molar refractivity (Wildman–Crippen MR) is 154 cm³/mol. The number of fused-ring (bicyclic) bond motifs is 1. The van der Waals surface area contributed by atoms with Crippen molar-refractivity contribution in [2.75, 3.05) is 47.5 Å². The van der Waals surface area contributed by atoms with Crippen molar-refractivity contribution in [3.63, 3.8) is 0 Å². The van der Waals surface area contributed by atoms with E-state index in [1.807, 2.05) is 11.0 Å². The second-order valence-corrected chi connectivity index (χ2v) is 11.1. The molecule has 0 spiro atoms. The molecule has 6 nitrogen and oxygen atoms in total. The summed E-state index contributed by atoms with van der Waals surface area (Å²) in [6, 6.07) is 15.8. The molecule has 2 aliphatic rings. The minimum absolute atomic E-state index is 0.0397. The van der Waals surface area contributed by atoms with E-state index in [2.05, 4.69) is 47.6 Å². The number of hydrogen-bond donors (Lipinski definition) is 2. The predicted octanol–water partition coefficient (Wildman–Crippen LogP) is 5.72. The molecule has 0 saturated carbocycles. The van der Waals surface area contributed by atoms with E-state index in [0.717, 1.165) is 18.8 Å². The van der Waals surface area contributed by atoms with Crippen molar-refractivity contribution in [2.24, 2.45) is 0 Å². The molecule has 0 aliphatic carbocycles. The van der Waals surface area contributed by atoms with Crippen LogP contribution in [-0.4, -0.2) is 54.7 Å². The molecule has 38 heavy (non-hydrogen) atoms. The third-order valence-corrected chi connectivity index (χ3v) is 8.66. The topological polar surface area (TPSA) is 64.7 Å². The molecule has 0 unspecified atom stereocenters. The van der Waals surface area contributed by atoms with Crippen LogP contribution in [0.3, 0.4) is 0 Å². The van der Waals surface area contributed by atoms with Gasteiger partial charge in [-0.15, -0.1) is 0 Å². The molecule has 198 valence electrons. The number of hydrogen-bond acceptors (Lipinski definition) is 5. The maximum Gasteiger partial charge on any atom is 0.254 e. The third kappa shape index (κ3) is 5.47. The van der Waals surface area contributed by atoms with E-state index in [1.165, 1.54) is 34.6 Å². The van der Waals surface area contributed by atoms with Crippen molar-refractivity contribution in [3.8, 4) is 0 Å². The SMILES string of the molecule is Cc1cccc(N2CCN(C(=O)c3ccc4c(c3)NC(=O)[C@@H](CSCc3c(F)cccc3Cl)N4)CC2)c1C. The summed E-state index contributed by atoms with van der Waals surface area (Å²) in [5.74, 6) is 0.244. The summed E-state index contributed by atoms with van der Waals surface area (Å²) in [5.41, 5.74) is 6.11. The number of nitrogens with one attached hydrogen (secondary N) is 2. The first kappa shape index (κ1) is 26.4. The van der Waals surface area contributed by atoms with Crippen LogP contribution in [0, 0.1) is 19.7 Å². The molecule has 0 bridgehead atoms. The van der Waals surface area contributed by atoms with Crippen molar-refractivity contribution in [1.29, 1.82) is 0 Å². The van der Waals surface area contributed by atoms with Gasteiger partial charge in [-0.2, -0.15) is 11.8 Å². The molecule has 2 heterocycles. The van der Waals surface area contributed by atoms with Gasteiger partial charge in [0.1, 0.15) is 11.9 Å². The van der Waals surface area contributed by atoms with E-state index in [4.69, 9.17) is 11.6 Å². The highest BCUT2D eigenvalue weighted by Crippen LogP contribution is 2.31. The van der Waals surface area contributed by atoms with Gasteiger partial charge in [0.2, 0.25) is 5.91 Å². The van der Waals surface area contributed by atoms with Crippen LogP contribution in [-0.2, 0) is 10.5 Å². The molecule has 0 aromatic heterocycles. The van der Waals surface area contributed by atoms with Gasteiger partial charge in [0, 0.05) is 59.5 Å². The minimum atomic E-state index is -0.474. The maximum absolute atomic E-state index is 14.0. The lowest BCUT2D eigenvalue weighted by atomic mass is 10.1. The average molecular weight is 553 g/mol. The van der Waals surface area contributed by atoms with Crippen molar-refractivity contribution < 1.29 is 14.0 Å². The summed E-state index contributed by atoms with van der Waals surface area (Å²) in [7, 11) is 0. The number of aryl methyl sites for hydroxylation is 1. The number of nitrogens with zero attached hydrogens (tertiary/aromatic N) is 2. The first-order valence-corrected chi connectivity index (χ1v) is 14.2. The van der Waals surface area contributed by atoms with Crippen molar-refractivity contribution in [3.05, 3.63) is 87.7 Å². The van der Waals surface area contributed by atoms with Crippen molar-refractivity contribution >= 4 is 52.2 Å². The molecule has 2 aliphatic heterocycles. The lowest BCUT2D eigenvalue weighted by Gasteiger charge is -2.37. The van der Waals surface area contributed by atoms with Gasteiger partial charge in [-0.3, -0.25) is 9.59 Å². The van der Waals surface area contributed by atoms with Crippen LogP contribution in [0.5, 0.6) is 0 Å². The summed E-state index contributed by atoms with van der Waals surface area (Å²) >= 11 is 7.54. The number of piperazine rings is 1. The van der Waals surface area contributed by atoms with Gasteiger partial charge in [0.05, 0.1) is 11.4 Å². The van der Waals surface area contributed by atoms with Crippen LogP contribution in [0.4, 0.5) is 21.5 Å². The molecular weight excluding hydrogens is 523 g/mol. The van der Waals surface area contributed by atoms with Gasteiger partial charge in [0.15, 0.2) is 0 Å². The Bertz CT molecular complexity index is 1360. The quantitative estimate of drug-likeness (QED) is 0.409. The zero-order valence-electron chi connectivity index (χ0n) is 21.4. The standard InChI is InChI=1S/C29H30ClFN4O2S/c1-18-5-3-8-27(19(18)2)34-11-13-35(14-12-34)29(37)20-9-10-24-25(15-20)33-28(36)26(32-24)17-38-16-21-22(30)6-4-7-23(21)31/h3-10,15,26,32H,11-14,16-17H2,1-2H3,(H,33,36)/t26-/m1/s1. The van der Waals surface area contributed by atoms with Crippen LogP contribution in [0.1, 0.15) is 27.0 Å². The fourth-order valence-electron chi connectivity index (χ4n) is 4.86. The number of thioether (sulfide) groups is 1. The number of carbonyl (C=O) groups is 2. The number of rotatable bonds is 6. The Kier molecular flexibility index (Phi) is 7.81. The lowest BCUT2D eigenvalue weighted by molar-refractivity contribution is -0.116. The molecule has 1 atom stereocenters. The van der Waals surface area contributed by atoms with Gasteiger partial charge in [-0.1, -0.05) is 29.8 Å². The molecule has 0 radical (unpaired) electrons. The molecular formula is C29H30ClFN4O2S. The molecule has 1 fully saturated rings. The Morgan fingerprint density at radius 1 is 1.05 bits per heavy atom. The molecule has 2 amide bonds. The molecule has 3 aromatic rings. The molecule has 9 heteroatoms. The van der Waals surface area contributed by atoms with Gasteiger partial charge < -0.3 is 20.4 Å².